The van der Waals surface area contributed by atoms with Crippen LogP contribution in [0.3, 0.4) is 0 Å². The van der Waals surface area contributed by atoms with Gasteiger partial charge in [0.1, 0.15) is 5.78 Å². The fourth-order valence-electron chi connectivity index (χ4n) is 1.82. The number of ketones is 2. The monoisotopic (exact) mass is 204 g/mol. The maximum Gasteiger partial charge on any atom is 0.296 e. The van der Waals surface area contributed by atoms with E-state index in [1.54, 1.807) is 0 Å². The lowest BCUT2D eigenvalue weighted by Gasteiger charge is -2.19. The van der Waals surface area contributed by atoms with Crippen molar-refractivity contribution in [2.24, 2.45) is 5.92 Å². The van der Waals surface area contributed by atoms with Gasteiger partial charge in [-0.2, -0.15) is 0 Å². The van der Waals surface area contributed by atoms with Crippen LogP contribution in [0.15, 0.2) is 0 Å². The molecule has 80 valence electrons. The molecule has 0 unspecified atom stereocenters. The van der Waals surface area contributed by atoms with Gasteiger partial charge in [0.15, 0.2) is 0 Å². The van der Waals surface area contributed by atoms with Crippen molar-refractivity contribution in [1.29, 1.82) is 0 Å². The molecule has 0 saturated heterocycles. The Balaban J connectivity index is 2.37. The number of Topliss-reactive ketones (excluding diaryl/α,β-unsaturated/α-hetero) is 2. The summed E-state index contributed by atoms with van der Waals surface area (Å²) in [6, 6.07) is 0. The predicted molar refractivity (Wildman–Crippen MR) is 47.2 cm³/mol. The highest BCUT2D eigenvalue weighted by Gasteiger charge is 2.26. The fraction of sp³-hybridized carbons (Fsp3) is 0.800. The minimum Gasteiger partial charge on any atom is -0.299 e. The number of carbonyl (C=O) groups is 2. The number of alkyl halides is 2. The summed E-state index contributed by atoms with van der Waals surface area (Å²) >= 11 is 0. The molecule has 0 aliphatic heterocycles. The zero-order chi connectivity index (χ0) is 10.6. The molecule has 0 amide bonds. The first-order valence-electron chi connectivity index (χ1n) is 4.95. The van der Waals surface area contributed by atoms with Crippen molar-refractivity contribution < 1.29 is 18.4 Å². The van der Waals surface area contributed by atoms with Gasteiger partial charge in [0.2, 0.25) is 5.78 Å². The molecule has 0 aromatic heterocycles. The number of hydrogen-bond acceptors (Lipinski definition) is 2. The van der Waals surface area contributed by atoms with Crippen molar-refractivity contribution in [3.63, 3.8) is 0 Å². The van der Waals surface area contributed by atoms with Crippen LogP contribution in [-0.2, 0) is 9.59 Å². The zero-order valence-corrected chi connectivity index (χ0v) is 7.97. The van der Waals surface area contributed by atoms with E-state index in [9.17, 15) is 18.4 Å². The largest absolute Gasteiger partial charge is 0.299 e. The van der Waals surface area contributed by atoms with E-state index in [1.165, 1.54) is 0 Å². The molecule has 1 saturated carbocycles. The van der Waals surface area contributed by atoms with Gasteiger partial charge in [-0.05, 0) is 12.8 Å². The molecule has 1 aliphatic rings. The maximum absolute atomic E-state index is 11.9. The van der Waals surface area contributed by atoms with Crippen molar-refractivity contribution in [1.82, 2.24) is 0 Å². The highest BCUT2D eigenvalue weighted by Crippen LogP contribution is 2.25. The Hall–Kier alpha value is -0.800. The van der Waals surface area contributed by atoms with Gasteiger partial charge in [0, 0.05) is 5.92 Å². The number of carbonyl (C=O) groups excluding carboxylic acids is 2. The van der Waals surface area contributed by atoms with Crippen LogP contribution in [-0.4, -0.2) is 18.0 Å². The molecule has 2 nitrogen and oxygen atoms in total. The molecule has 4 heteroatoms. The molecule has 14 heavy (non-hydrogen) atoms. The molecule has 0 N–H and O–H groups in total. The Morgan fingerprint density at radius 3 is 2.21 bits per heavy atom. The van der Waals surface area contributed by atoms with Gasteiger partial charge >= 0.3 is 0 Å². The van der Waals surface area contributed by atoms with Crippen molar-refractivity contribution in [3.8, 4) is 0 Å². The van der Waals surface area contributed by atoms with Crippen molar-refractivity contribution in [2.45, 2.75) is 45.0 Å². The smallest absolute Gasteiger partial charge is 0.296 e. The molecule has 1 fully saturated rings. The van der Waals surface area contributed by atoms with Crippen LogP contribution < -0.4 is 0 Å². The molecule has 0 aromatic rings. The molecule has 0 bridgehead atoms. The minimum absolute atomic E-state index is 0.147. The predicted octanol–water partition coefficient (Wildman–Crippen LogP) is 2.36. The standard InChI is InChI=1S/C10H14F2O2/c11-10(12)9(14)6-8(13)7-4-2-1-3-5-7/h7,10H,1-6H2. The van der Waals surface area contributed by atoms with Crippen LogP contribution in [0.4, 0.5) is 8.78 Å². The third kappa shape index (κ3) is 3.16. The molecule has 0 radical (unpaired) electrons. The minimum atomic E-state index is -3.00. The topological polar surface area (TPSA) is 34.1 Å². The van der Waals surface area contributed by atoms with Crippen LogP contribution in [0, 0.1) is 5.92 Å². The summed E-state index contributed by atoms with van der Waals surface area (Å²) in [4.78, 5) is 22.0. The van der Waals surface area contributed by atoms with Crippen LogP contribution >= 0.6 is 0 Å². The van der Waals surface area contributed by atoms with Gasteiger partial charge in [-0.25, -0.2) is 8.78 Å². The third-order valence-corrected chi connectivity index (χ3v) is 2.65. The van der Waals surface area contributed by atoms with E-state index in [0.717, 1.165) is 32.1 Å². The van der Waals surface area contributed by atoms with E-state index in [1.807, 2.05) is 0 Å². The number of rotatable bonds is 4. The zero-order valence-electron chi connectivity index (χ0n) is 7.97. The normalized spacial score (nSPS) is 18.5. The van der Waals surface area contributed by atoms with E-state index in [0.29, 0.717) is 0 Å². The SMILES string of the molecule is O=C(CC(=O)C1CCCCC1)C(F)F. The lowest BCUT2D eigenvalue weighted by atomic mass is 9.85. The molecule has 0 heterocycles. The van der Waals surface area contributed by atoms with Gasteiger partial charge in [0.05, 0.1) is 6.42 Å². The van der Waals surface area contributed by atoms with E-state index < -0.39 is 18.6 Å². The summed E-state index contributed by atoms with van der Waals surface area (Å²) in [5.74, 6) is -1.68. The maximum atomic E-state index is 11.9. The molecular formula is C10H14F2O2. The summed E-state index contributed by atoms with van der Waals surface area (Å²) in [5.41, 5.74) is 0. The Labute approximate surface area is 81.7 Å². The average molecular weight is 204 g/mol. The lowest BCUT2D eigenvalue weighted by Crippen LogP contribution is -2.23. The summed E-state index contributed by atoms with van der Waals surface area (Å²) in [6.07, 6.45) is 0.987. The summed E-state index contributed by atoms with van der Waals surface area (Å²) in [5, 5.41) is 0. The Morgan fingerprint density at radius 2 is 1.71 bits per heavy atom. The summed E-state index contributed by atoms with van der Waals surface area (Å²) < 4.78 is 23.7. The average Bonchev–Trinajstić information content (AvgIpc) is 2.19. The first-order chi connectivity index (χ1) is 6.61. The molecule has 0 spiro atoms. The van der Waals surface area contributed by atoms with Gasteiger partial charge in [-0.15, -0.1) is 0 Å². The molecule has 0 aromatic carbocycles. The van der Waals surface area contributed by atoms with Gasteiger partial charge in [-0.1, -0.05) is 19.3 Å². The number of hydrogen-bond donors (Lipinski definition) is 0. The number of halogens is 2. The first kappa shape index (κ1) is 11.3. The van der Waals surface area contributed by atoms with E-state index in [4.69, 9.17) is 0 Å². The van der Waals surface area contributed by atoms with E-state index in [2.05, 4.69) is 0 Å². The molecular weight excluding hydrogens is 190 g/mol. The lowest BCUT2D eigenvalue weighted by molar-refractivity contribution is -0.135. The Morgan fingerprint density at radius 1 is 1.14 bits per heavy atom. The Kier molecular flexibility index (Phi) is 4.17. The third-order valence-electron chi connectivity index (χ3n) is 2.65. The van der Waals surface area contributed by atoms with Crippen LogP contribution in [0.25, 0.3) is 0 Å². The second-order valence-electron chi connectivity index (χ2n) is 3.75. The van der Waals surface area contributed by atoms with Gasteiger partial charge in [0.25, 0.3) is 6.43 Å². The van der Waals surface area contributed by atoms with Gasteiger partial charge in [-0.3, -0.25) is 9.59 Å². The highest BCUT2D eigenvalue weighted by atomic mass is 19.3. The van der Waals surface area contributed by atoms with Crippen LogP contribution in [0.1, 0.15) is 38.5 Å². The van der Waals surface area contributed by atoms with E-state index in [-0.39, 0.29) is 11.7 Å². The van der Waals surface area contributed by atoms with Crippen LogP contribution in [0.2, 0.25) is 0 Å². The van der Waals surface area contributed by atoms with Crippen LogP contribution in [0.5, 0.6) is 0 Å². The van der Waals surface area contributed by atoms with Crippen molar-refractivity contribution >= 4 is 11.6 Å². The highest BCUT2D eigenvalue weighted by molar-refractivity contribution is 6.01. The van der Waals surface area contributed by atoms with Gasteiger partial charge < -0.3 is 0 Å². The van der Waals surface area contributed by atoms with Crippen molar-refractivity contribution in [3.05, 3.63) is 0 Å². The summed E-state index contributed by atoms with van der Waals surface area (Å²) in [7, 11) is 0. The fourth-order valence-corrected chi connectivity index (χ4v) is 1.82. The second kappa shape index (κ2) is 5.17. The first-order valence-corrected chi connectivity index (χ1v) is 4.95. The quantitative estimate of drug-likeness (QED) is 0.659. The molecule has 1 rings (SSSR count). The Bertz CT molecular complexity index is 220. The molecule has 0 atom stereocenters. The second-order valence-corrected chi connectivity index (χ2v) is 3.75. The van der Waals surface area contributed by atoms with Crippen molar-refractivity contribution in [2.75, 3.05) is 0 Å². The van der Waals surface area contributed by atoms with E-state index >= 15 is 0 Å². The summed E-state index contributed by atoms with van der Waals surface area (Å²) in [6.45, 7) is 0. The molecule has 1 aliphatic carbocycles.